The Kier molecular flexibility index (Phi) is 6.09. The van der Waals surface area contributed by atoms with E-state index in [1.54, 1.807) is 18.2 Å². The smallest absolute Gasteiger partial charge is 0.274 e. The first-order valence-corrected chi connectivity index (χ1v) is 8.49. The van der Waals surface area contributed by atoms with E-state index in [0.29, 0.717) is 18.2 Å². The highest BCUT2D eigenvalue weighted by Crippen LogP contribution is 2.20. The lowest BCUT2D eigenvalue weighted by molar-refractivity contribution is 0.0944. The lowest BCUT2D eigenvalue weighted by Crippen LogP contribution is -2.28. The number of amides is 2. The van der Waals surface area contributed by atoms with Crippen LogP contribution >= 0.6 is 15.9 Å². The van der Waals surface area contributed by atoms with E-state index in [1.807, 2.05) is 39.0 Å². The van der Waals surface area contributed by atoms with Gasteiger partial charge >= 0.3 is 0 Å². The highest BCUT2D eigenvalue weighted by Gasteiger charge is 2.13. The van der Waals surface area contributed by atoms with Crippen LogP contribution in [0.25, 0.3) is 0 Å². The summed E-state index contributed by atoms with van der Waals surface area (Å²) in [5.41, 5.74) is 2.08. The Morgan fingerprint density at radius 3 is 2.42 bits per heavy atom. The molecule has 0 aliphatic carbocycles. The molecule has 0 atom stereocenters. The van der Waals surface area contributed by atoms with Crippen molar-refractivity contribution in [3.63, 3.8) is 0 Å². The van der Waals surface area contributed by atoms with Crippen LogP contribution in [0.3, 0.4) is 0 Å². The van der Waals surface area contributed by atoms with E-state index in [1.165, 1.54) is 0 Å². The van der Waals surface area contributed by atoms with Crippen molar-refractivity contribution in [1.29, 1.82) is 0 Å². The van der Waals surface area contributed by atoms with Gasteiger partial charge in [-0.2, -0.15) is 0 Å². The van der Waals surface area contributed by atoms with E-state index in [9.17, 15) is 9.59 Å². The van der Waals surface area contributed by atoms with Gasteiger partial charge in [0.05, 0.1) is 0 Å². The molecule has 0 radical (unpaired) electrons. The number of carbonyl (C=O) groups excluding carboxylic acids is 2. The van der Waals surface area contributed by atoms with Crippen LogP contribution in [-0.2, 0) is 0 Å². The number of aromatic nitrogens is 1. The zero-order chi connectivity index (χ0) is 17.7. The Bertz CT molecular complexity index is 760. The third-order valence-corrected chi connectivity index (χ3v) is 3.82. The van der Waals surface area contributed by atoms with Gasteiger partial charge in [-0.05, 0) is 48.7 Å². The first kappa shape index (κ1) is 18.1. The van der Waals surface area contributed by atoms with Gasteiger partial charge in [0, 0.05) is 16.7 Å². The fraction of sp³-hybridized carbons (Fsp3) is 0.278. The Balaban J connectivity index is 2.12. The average Bonchev–Trinajstić information content (AvgIpc) is 2.55. The summed E-state index contributed by atoms with van der Waals surface area (Å²) in [6.07, 6.45) is 0. The van der Waals surface area contributed by atoms with Gasteiger partial charge in [0.15, 0.2) is 0 Å². The molecule has 0 fully saturated rings. The number of hydrogen-bond donors (Lipinski definition) is 2. The summed E-state index contributed by atoms with van der Waals surface area (Å²) in [7, 11) is 0. The third-order valence-electron chi connectivity index (χ3n) is 3.32. The van der Waals surface area contributed by atoms with E-state index in [-0.39, 0.29) is 23.2 Å². The molecule has 0 spiro atoms. The quantitative estimate of drug-likeness (QED) is 0.816. The predicted octanol–water partition coefficient (Wildman–Crippen LogP) is 3.79. The Morgan fingerprint density at radius 2 is 1.79 bits per heavy atom. The molecule has 6 heteroatoms. The molecule has 2 aromatic rings. The van der Waals surface area contributed by atoms with Gasteiger partial charge in [0.25, 0.3) is 11.8 Å². The largest absolute Gasteiger partial charge is 0.350 e. The average molecular weight is 390 g/mol. The maximum atomic E-state index is 12.4. The summed E-state index contributed by atoms with van der Waals surface area (Å²) in [5.74, 6) is -0.280. The molecule has 5 nitrogen and oxygen atoms in total. The molecule has 0 saturated heterocycles. The van der Waals surface area contributed by atoms with E-state index in [2.05, 4.69) is 31.5 Å². The standard InChI is InChI=1S/C18H20BrN3O2/c1-11(2)10-20-17(23)15-5-4-6-16(21-15)18(24)22-14-8-7-13(19)9-12(14)3/h4-9,11H,10H2,1-3H3,(H,20,23)(H,22,24). The second kappa shape index (κ2) is 8.06. The van der Waals surface area contributed by atoms with Crippen LogP contribution in [0.15, 0.2) is 40.9 Å². The van der Waals surface area contributed by atoms with Gasteiger partial charge < -0.3 is 10.6 Å². The number of pyridine rings is 1. The number of hydrogen-bond acceptors (Lipinski definition) is 3. The van der Waals surface area contributed by atoms with Gasteiger partial charge in [-0.15, -0.1) is 0 Å². The summed E-state index contributed by atoms with van der Waals surface area (Å²) in [6, 6.07) is 10.4. The number of nitrogens with one attached hydrogen (secondary N) is 2. The van der Waals surface area contributed by atoms with Crippen LogP contribution in [0.4, 0.5) is 5.69 Å². The molecule has 1 heterocycles. The molecule has 126 valence electrons. The van der Waals surface area contributed by atoms with Crippen molar-refractivity contribution >= 4 is 33.4 Å². The van der Waals surface area contributed by atoms with Crippen LogP contribution in [0.1, 0.15) is 40.4 Å². The molecule has 1 aromatic carbocycles. The van der Waals surface area contributed by atoms with Crippen LogP contribution in [0.5, 0.6) is 0 Å². The third kappa shape index (κ3) is 4.89. The van der Waals surface area contributed by atoms with E-state index >= 15 is 0 Å². The van der Waals surface area contributed by atoms with E-state index < -0.39 is 0 Å². The molecule has 24 heavy (non-hydrogen) atoms. The lowest BCUT2D eigenvalue weighted by atomic mass is 10.2. The molecule has 0 bridgehead atoms. The minimum absolute atomic E-state index is 0.203. The molecule has 0 unspecified atom stereocenters. The minimum atomic E-state index is -0.348. The predicted molar refractivity (Wildman–Crippen MR) is 98.2 cm³/mol. The van der Waals surface area contributed by atoms with Crippen molar-refractivity contribution in [1.82, 2.24) is 10.3 Å². The van der Waals surface area contributed by atoms with Crippen molar-refractivity contribution in [3.8, 4) is 0 Å². The second-order valence-corrected chi connectivity index (χ2v) is 6.84. The Labute approximate surface area is 150 Å². The molecule has 0 aliphatic rings. The number of rotatable bonds is 5. The van der Waals surface area contributed by atoms with Crippen molar-refractivity contribution in [2.75, 3.05) is 11.9 Å². The van der Waals surface area contributed by atoms with Crippen LogP contribution in [0.2, 0.25) is 0 Å². The molecule has 1 aromatic heterocycles. The number of carbonyl (C=O) groups is 2. The highest BCUT2D eigenvalue weighted by molar-refractivity contribution is 9.10. The number of halogens is 1. The summed E-state index contributed by atoms with van der Waals surface area (Å²) >= 11 is 3.39. The zero-order valence-corrected chi connectivity index (χ0v) is 15.5. The molecule has 0 saturated carbocycles. The zero-order valence-electron chi connectivity index (χ0n) is 13.9. The molecular weight excluding hydrogens is 370 g/mol. The van der Waals surface area contributed by atoms with Crippen LogP contribution in [-0.4, -0.2) is 23.3 Å². The van der Waals surface area contributed by atoms with Gasteiger partial charge in [-0.25, -0.2) is 4.98 Å². The van der Waals surface area contributed by atoms with Crippen molar-refractivity contribution in [2.45, 2.75) is 20.8 Å². The SMILES string of the molecule is Cc1cc(Br)ccc1NC(=O)c1cccc(C(=O)NCC(C)C)n1. The maximum Gasteiger partial charge on any atom is 0.274 e. The van der Waals surface area contributed by atoms with Crippen molar-refractivity contribution in [3.05, 3.63) is 57.8 Å². The maximum absolute atomic E-state index is 12.4. The van der Waals surface area contributed by atoms with Crippen molar-refractivity contribution < 1.29 is 9.59 Å². The molecule has 2 amide bonds. The monoisotopic (exact) mass is 389 g/mol. The second-order valence-electron chi connectivity index (χ2n) is 5.93. The molecule has 2 rings (SSSR count). The minimum Gasteiger partial charge on any atom is -0.350 e. The summed E-state index contributed by atoms with van der Waals surface area (Å²) in [5, 5.41) is 5.61. The number of nitrogens with zero attached hydrogens (tertiary/aromatic N) is 1. The lowest BCUT2D eigenvalue weighted by Gasteiger charge is -2.10. The number of benzene rings is 1. The molecule has 2 N–H and O–H groups in total. The summed E-state index contributed by atoms with van der Waals surface area (Å²) in [4.78, 5) is 28.6. The number of aryl methyl sites for hydroxylation is 1. The van der Waals surface area contributed by atoms with E-state index in [4.69, 9.17) is 0 Å². The topological polar surface area (TPSA) is 71.1 Å². The first-order valence-electron chi connectivity index (χ1n) is 7.69. The number of anilines is 1. The summed E-state index contributed by atoms with van der Waals surface area (Å²) < 4.78 is 0.944. The van der Waals surface area contributed by atoms with Crippen LogP contribution < -0.4 is 10.6 Å². The van der Waals surface area contributed by atoms with Crippen molar-refractivity contribution in [2.24, 2.45) is 5.92 Å². The first-order chi connectivity index (χ1) is 11.4. The van der Waals surface area contributed by atoms with Gasteiger partial charge in [-0.3, -0.25) is 9.59 Å². The van der Waals surface area contributed by atoms with Gasteiger partial charge in [0.2, 0.25) is 0 Å². The molecule has 0 aliphatic heterocycles. The Morgan fingerprint density at radius 1 is 1.12 bits per heavy atom. The molecular formula is C18H20BrN3O2. The fourth-order valence-corrected chi connectivity index (χ4v) is 2.50. The normalized spacial score (nSPS) is 10.5. The van der Waals surface area contributed by atoms with Crippen LogP contribution in [0, 0.1) is 12.8 Å². The van der Waals surface area contributed by atoms with Gasteiger partial charge in [0.1, 0.15) is 11.4 Å². The van der Waals surface area contributed by atoms with Gasteiger partial charge in [-0.1, -0.05) is 35.8 Å². The summed E-state index contributed by atoms with van der Waals surface area (Å²) in [6.45, 7) is 6.49. The highest BCUT2D eigenvalue weighted by atomic mass is 79.9. The fourth-order valence-electron chi connectivity index (χ4n) is 2.03. The Hall–Kier alpha value is -2.21. The van der Waals surface area contributed by atoms with E-state index in [0.717, 1.165) is 10.0 Å².